The van der Waals surface area contributed by atoms with Crippen LogP contribution in [0.15, 0.2) is 23.6 Å². The second kappa shape index (κ2) is 4.89. The molecule has 19 heavy (non-hydrogen) atoms. The van der Waals surface area contributed by atoms with Crippen LogP contribution in [0.4, 0.5) is 0 Å². The molecule has 2 aromatic rings. The first-order valence-corrected chi connectivity index (χ1v) is 6.66. The topological polar surface area (TPSA) is 68.7 Å². The van der Waals surface area contributed by atoms with Crippen molar-refractivity contribution < 1.29 is 19.4 Å². The maximum atomic E-state index is 10.6. The number of nitrogens with zero attached hydrogens (tertiary/aromatic N) is 1. The number of carboxylic acids is 1. The third-order valence-corrected chi connectivity index (χ3v) is 3.54. The molecule has 6 heteroatoms. The Bertz CT molecular complexity index is 623. The third-order valence-electron chi connectivity index (χ3n) is 2.69. The molecule has 0 atom stereocenters. The molecule has 3 rings (SSSR count). The van der Waals surface area contributed by atoms with Crippen LogP contribution in [-0.4, -0.2) is 29.3 Å². The van der Waals surface area contributed by atoms with E-state index in [0.717, 1.165) is 17.0 Å². The smallest absolute Gasteiger partial charge is 0.310 e. The summed E-state index contributed by atoms with van der Waals surface area (Å²) < 4.78 is 11.0. The van der Waals surface area contributed by atoms with Gasteiger partial charge in [-0.3, -0.25) is 4.79 Å². The Kier molecular flexibility index (Phi) is 3.08. The van der Waals surface area contributed by atoms with Gasteiger partial charge in [0, 0.05) is 10.9 Å². The van der Waals surface area contributed by atoms with E-state index >= 15 is 0 Å². The van der Waals surface area contributed by atoms with Crippen molar-refractivity contribution in [2.75, 3.05) is 13.2 Å². The minimum Gasteiger partial charge on any atom is -0.486 e. The van der Waals surface area contributed by atoms with Crippen molar-refractivity contribution in [1.29, 1.82) is 0 Å². The summed E-state index contributed by atoms with van der Waals surface area (Å²) in [5.74, 6) is 0.565. The molecule has 0 amide bonds. The Morgan fingerprint density at radius 2 is 2.11 bits per heavy atom. The van der Waals surface area contributed by atoms with Crippen molar-refractivity contribution in [2.24, 2.45) is 0 Å². The number of hydrogen-bond donors (Lipinski definition) is 1. The number of ether oxygens (including phenoxy) is 2. The van der Waals surface area contributed by atoms with Crippen molar-refractivity contribution in [1.82, 2.24) is 4.98 Å². The zero-order valence-electron chi connectivity index (χ0n) is 9.96. The molecule has 1 aliphatic heterocycles. The molecule has 5 nitrogen and oxygen atoms in total. The predicted octanol–water partition coefficient (Wildman–Crippen LogP) is 2.21. The Hall–Kier alpha value is -2.08. The molecule has 0 spiro atoms. The first-order chi connectivity index (χ1) is 9.22. The lowest BCUT2D eigenvalue weighted by Gasteiger charge is -2.18. The monoisotopic (exact) mass is 277 g/mol. The second-order valence-electron chi connectivity index (χ2n) is 4.06. The molecule has 1 aromatic heterocycles. The van der Waals surface area contributed by atoms with Gasteiger partial charge in [0.15, 0.2) is 11.5 Å². The van der Waals surface area contributed by atoms with Crippen molar-refractivity contribution in [2.45, 2.75) is 6.42 Å². The number of rotatable bonds is 3. The van der Waals surface area contributed by atoms with Gasteiger partial charge < -0.3 is 14.6 Å². The van der Waals surface area contributed by atoms with Gasteiger partial charge in [0.1, 0.15) is 18.2 Å². The Balaban J connectivity index is 1.89. The number of carboxylic acid groups (broad SMARTS) is 1. The molecule has 0 unspecified atom stereocenters. The number of benzene rings is 1. The lowest BCUT2D eigenvalue weighted by Crippen LogP contribution is -2.15. The highest BCUT2D eigenvalue weighted by Gasteiger charge is 2.14. The van der Waals surface area contributed by atoms with E-state index in [-0.39, 0.29) is 6.42 Å². The van der Waals surface area contributed by atoms with Crippen LogP contribution in [0, 0.1) is 0 Å². The fourth-order valence-electron chi connectivity index (χ4n) is 1.86. The maximum Gasteiger partial charge on any atom is 0.310 e. The highest BCUT2D eigenvalue weighted by molar-refractivity contribution is 7.10. The van der Waals surface area contributed by atoms with Crippen LogP contribution >= 0.6 is 11.3 Å². The molecule has 1 N–H and O–H groups in total. The van der Waals surface area contributed by atoms with Crippen molar-refractivity contribution in [3.8, 4) is 22.8 Å². The third kappa shape index (κ3) is 2.53. The Morgan fingerprint density at radius 1 is 1.32 bits per heavy atom. The van der Waals surface area contributed by atoms with E-state index in [1.54, 1.807) is 0 Å². The molecule has 0 fully saturated rings. The normalized spacial score (nSPS) is 13.3. The van der Waals surface area contributed by atoms with Crippen LogP contribution in [0.3, 0.4) is 0 Å². The van der Waals surface area contributed by atoms with Gasteiger partial charge in [-0.1, -0.05) is 0 Å². The average molecular weight is 277 g/mol. The van der Waals surface area contributed by atoms with Gasteiger partial charge in [0.25, 0.3) is 0 Å². The highest BCUT2D eigenvalue weighted by atomic mass is 32.1. The maximum absolute atomic E-state index is 10.6. The summed E-state index contributed by atoms with van der Waals surface area (Å²) in [6.45, 7) is 1.10. The minimum atomic E-state index is -0.872. The molecule has 2 heterocycles. The molecule has 0 bridgehead atoms. The minimum absolute atomic E-state index is 0.0464. The molecule has 0 radical (unpaired) electrons. The van der Waals surface area contributed by atoms with Crippen LogP contribution in [0.1, 0.15) is 5.01 Å². The molecule has 0 saturated heterocycles. The Labute approximate surface area is 113 Å². The first-order valence-electron chi connectivity index (χ1n) is 5.78. The highest BCUT2D eigenvalue weighted by Crippen LogP contribution is 2.34. The largest absolute Gasteiger partial charge is 0.486 e. The van der Waals surface area contributed by atoms with Crippen molar-refractivity contribution in [3.05, 3.63) is 28.6 Å². The zero-order valence-corrected chi connectivity index (χ0v) is 10.8. The van der Waals surface area contributed by atoms with E-state index in [9.17, 15) is 4.79 Å². The SMILES string of the molecule is O=C(O)Cc1nc(-c2ccc3c(c2)OCCO3)cs1. The summed E-state index contributed by atoms with van der Waals surface area (Å²) in [5, 5.41) is 11.2. The molecule has 0 aliphatic carbocycles. The number of thiazole rings is 1. The average Bonchev–Trinajstić information content (AvgIpc) is 2.86. The number of hydrogen-bond acceptors (Lipinski definition) is 5. The van der Waals surface area contributed by atoms with E-state index in [4.69, 9.17) is 14.6 Å². The van der Waals surface area contributed by atoms with E-state index in [1.807, 2.05) is 23.6 Å². The zero-order chi connectivity index (χ0) is 13.2. The van der Waals surface area contributed by atoms with Gasteiger partial charge in [0.2, 0.25) is 0 Å². The van der Waals surface area contributed by atoms with Crippen LogP contribution in [-0.2, 0) is 11.2 Å². The van der Waals surface area contributed by atoms with E-state index in [2.05, 4.69) is 4.98 Å². The number of aliphatic carboxylic acids is 1. The fourth-order valence-corrected chi connectivity index (χ4v) is 2.65. The van der Waals surface area contributed by atoms with Crippen molar-refractivity contribution in [3.63, 3.8) is 0 Å². The van der Waals surface area contributed by atoms with Crippen molar-refractivity contribution >= 4 is 17.3 Å². The molecule has 0 saturated carbocycles. The molecule has 1 aliphatic rings. The van der Waals surface area contributed by atoms with E-state index in [1.165, 1.54) is 11.3 Å². The molecule has 1 aromatic carbocycles. The quantitative estimate of drug-likeness (QED) is 0.931. The summed E-state index contributed by atoms with van der Waals surface area (Å²) in [6, 6.07) is 5.61. The van der Waals surface area contributed by atoms with Crippen LogP contribution in [0.5, 0.6) is 11.5 Å². The van der Waals surface area contributed by atoms with Gasteiger partial charge in [0.05, 0.1) is 12.1 Å². The van der Waals surface area contributed by atoms with Gasteiger partial charge in [-0.2, -0.15) is 0 Å². The summed E-state index contributed by atoms with van der Waals surface area (Å²) in [6.07, 6.45) is -0.0464. The van der Waals surface area contributed by atoms with Crippen LogP contribution in [0.2, 0.25) is 0 Å². The number of fused-ring (bicyclic) bond motifs is 1. The Morgan fingerprint density at radius 3 is 2.89 bits per heavy atom. The van der Waals surface area contributed by atoms with Crippen LogP contribution < -0.4 is 9.47 Å². The molecular formula is C13H11NO4S. The fraction of sp³-hybridized carbons (Fsp3) is 0.231. The van der Waals surface area contributed by atoms with Crippen LogP contribution in [0.25, 0.3) is 11.3 Å². The van der Waals surface area contributed by atoms with Gasteiger partial charge in [-0.25, -0.2) is 4.98 Å². The standard InChI is InChI=1S/C13H11NO4S/c15-13(16)6-12-14-9(7-19-12)8-1-2-10-11(5-8)18-4-3-17-10/h1-2,5,7H,3-4,6H2,(H,15,16). The first kappa shape index (κ1) is 12.0. The molecular weight excluding hydrogens is 266 g/mol. The van der Waals surface area contributed by atoms with Gasteiger partial charge in [-0.05, 0) is 18.2 Å². The predicted molar refractivity (Wildman–Crippen MR) is 69.9 cm³/mol. The lowest BCUT2D eigenvalue weighted by atomic mass is 10.1. The summed E-state index contributed by atoms with van der Waals surface area (Å²) >= 11 is 1.35. The number of aromatic nitrogens is 1. The number of carbonyl (C=O) groups is 1. The van der Waals surface area contributed by atoms with E-state index < -0.39 is 5.97 Å². The van der Waals surface area contributed by atoms with Gasteiger partial charge >= 0.3 is 5.97 Å². The van der Waals surface area contributed by atoms with E-state index in [0.29, 0.717) is 24.0 Å². The second-order valence-corrected chi connectivity index (χ2v) is 5.00. The van der Waals surface area contributed by atoms with Gasteiger partial charge in [-0.15, -0.1) is 11.3 Å². The molecule has 98 valence electrons. The summed E-state index contributed by atoms with van der Waals surface area (Å²) in [4.78, 5) is 14.9. The lowest BCUT2D eigenvalue weighted by molar-refractivity contribution is -0.136. The summed E-state index contributed by atoms with van der Waals surface area (Å²) in [7, 11) is 0. The summed E-state index contributed by atoms with van der Waals surface area (Å²) in [5.41, 5.74) is 1.66.